The first-order valence-electron chi connectivity index (χ1n) is 8.78. The topological polar surface area (TPSA) is 55.8 Å². The van der Waals surface area contributed by atoms with Crippen molar-refractivity contribution in [3.05, 3.63) is 53.6 Å². The minimum atomic E-state index is -3.45. The van der Waals surface area contributed by atoms with Crippen molar-refractivity contribution in [2.45, 2.75) is 37.7 Å². The first kappa shape index (κ1) is 18.7. The lowest BCUT2D eigenvalue weighted by Gasteiger charge is -2.31. The second kappa shape index (κ2) is 7.68. The Bertz CT molecular complexity index is 854. The number of ether oxygens (including phenoxy) is 2. The molecule has 0 unspecified atom stereocenters. The molecule has 2 aromatic rings. The molecule has 2 aromatic carbocycles. The maximum atomic E-state index is 12.9. The molecule has 0 N–H and O–H groups in total. The van der Waals surface area contributed by atoms with Gasteiger partial charge in [0, 0.05) is 13.1 Å². The van der Waals surface area contributed by atoms with Crippen molar-refractivity contribution in [3.8, 4) is 11.5 Å². The van der Waals surface area contributed by atoms with Crippen LogP contribution in [0.15, 0.2) is 47.4 Å². The Morgan fingerprint density at radius 2 is 1.54 bits per heavy atom. The van der Waals surface area contributed by atoms with Gasteiger partial charge in [0.15, 0.2) is 0 Å². The molecule has 5 nitrogen and oxygen atoms in total. The molecule has 1 saturated heterocycles. The number of aryl methyl sites for hydroxylation is 2. The average molecular weight is 375 g/mol. The molecule has 26 heavy (non-hydrogen) atoms. The van der Waals surface area contributed by atoms with E-state index in [9.17, 15) is 8.42 Å². The summed E-state index contributed by atoms with van der Waals surface area (Å²) >= 11 is 0. The lowest BCUT2D eigenvalue weighted by molar-refractivity contribution is 0.135. The van der Waals surface area contributed by atoms with E-state index in [4.69, 9.17) is 9.47 Å². The normalized spacial score (nSPS) is 16.4. The van der Waals surface area contributed by atoms with Crippen LogP contribution in [0.5, 0.6) is 11.5 Å². The molecule has 6 heteroatoms. The number of hydrogen-bond donors (Lipinski definition) is 0. The summed E-state index contributed by atoms with van der Waals surface area (Å²) in [5.41, 5.74) is 2.08. The lowest BCUT2D eigenvalue weighted by atomic mass is 10.1. The zero-order valence-electron chi connectivity index (χ0n) is 15.4. The van der Waals surface area contributed by atoms with Crippen molar-refractivity contribution in [3.63, 3.8) is 0 Å². The first-order chi connectivity index (χ1) is 12.4. The van der Waals surface area contributed by atoms with E-state index >= 15 is 0 Å². The van der Waals surface area contributed by atoms with Gasteiger partial charge in [0.1, 0.15) is 17.6 Å². The predicted molar refractivity (Wildman–Crippen MR) is 101 cm³/mol. The number of hydrogen-bond acceptors (Lipinski definition) is 4. The molecule has 0 bridgehead atoms. The fraction of sp³-hybridized carbons (Fsp3) is 0.400. The fourth-order valence-corrected chi connectivity index (χ4v) is 4.62. The van der Waals surface area contributed by atoms with E-state index in [-0.39, 0.29) is 6.10 Å². The molecule has 0 amide bonds. The molecular formula is C20H25NO4S. The Balaban J connectivity index is 1.62. The van der Waals surface area contributed by atoms with Crippen LogP contribution < -0.4 is 9.47 Å². The van der Waals surface area contributed by atoms with Crippen molar-refractivity contribution in [2.75, 3.05) is 20.2 Å². The largest absolute Gasteiger partial charge is 0.497 e. The standard InChI is InChI=1S/C20H25NO4S/c1-15-4-9-20(14-16(15)2)26(22,23)21-12-10-19(11-13-21)25-18-7-5-17(24-3)6-8-18/h4-9,14,19H,10-13H2,1-3H3. The van der Waals surface area contributed by atoms with Gasteiger partial charge in [-0.05, 0) is 74.2 Å². The summed E-state index contributed by atoms with van der Waals surface area (Å²) in [6, 6.07) is 12.8. The van der Waals surface area contributed by atoms with E-state index in [0.29, 0.717) is 30.8 Å². The van der Waals surface area contributed by atoms with Gasteiger partial charge in [-0.25, -0.2) is 8.42 Å². The molecule has 1 heterocycles. The molecule has 0 aliphatic carbocycles. The van der Waals surface area contributed by atoms with Crippen LogP contribution in [-0.4, -0.2) is 39.0 Å². The van der Waals surface area contributed by atoms with Crippen LogP contribution in [0, 0.1) is 13.8 Å². The van der Waals surface area contributed by atoms with Gasteiger partial charge in [-0.2, -0.15) is 4.31 Å². The van der Waals surface area contributed by atoms with E-state index in [2.05, 4.69) is 0 Å². The van der Waals surface area contributed by atoms with Crippen molar-refractivity contribution in [1.82, 2.24) is 4.31 Å². The second-order valence-electron chi connectivity index (χ2n) is 6.64. The summed E-state index contributed by atoms with van der Waals surface area (Å²) in [6.07, 6.45) is 1.38. The molecule has 1 aliphatic heterocycles. The van der Waals surface area contributed by atoms with Crippen LogP contribution >= 0.6 is 0 Å². The van der Waals surface area contributed by atoms with Crippen LogP contribution in [0.1, 0.15) is 24.0 Å². The average Bonchev–Trinajstić information content (AvgIpc) is 2.65. The minimum absolute atomic E-state index is 0.0228. The van der Waals surface area contributed by atoms with Gasteiger partial charge in [-0.1, -0.05) is 6.07 Å². The Labute approximate surface area is 155 Å². The molecule has 1 aliphatic rings. The third-order valence-electron chi connectivity index (χ3n) is 4.88. The molecule has 140 valence electrons. The Morgan fingerprint density at radius 3 is 2.12 bits per heavy atom. The van der Waals surface area contributed by atoms with Gasteiger partial charge in [-0.15, -0.1) is 0 Å². The van der Waals surface area contributed by atoms with Crippen LogP contribution in [0.3, 0.4) is 0 Å². The smallest absolute Gasteiger partial charge is 0.243 e. The molecule has 3 rings (SSSR count). The van der Waals surface area contributed by atoms with Crippen molar-refractivity contribution < 1.29 is 17.9 Å². The minimum Gasteiger partial charge on any atom is -0.497 e. The zero-order valence-corrected chi connectivity index (χ0v) is 16.3. The molecule has 0 radical (unpaired) electrons. The monoisotopic (exact) mass is 375 g/mol. The van der Waals surface area contributed by atoms with Crippen LogP contribution in [0.25, 0.3) is 0 Å². The summed E-state index contributed by atoms with van der Waals surface area (Å²) in [7, 11) is -1.82. The molecule has 0 atom stereocenters. The molecular weight excluding hydrogens is 350 g/mol. The highest BCUT2D eigenvalue weighted by molar-refractivity contribution is 7.89. The number of piperidine rings is 1. The van der Waals surface area contributed by atoms with Crippen LogP contribution in [-0.2, 0) is 10.0 Å². The number of benzene rings is 2. The first-order valence-corrected chi connectivity index (χ1v) is 10.2. The Kier molecular flexibility index (Phi) is 5.53. The van der Waals surface area contributed by atoms with Gasteiger partial charge < -0.3 is 9.47 Å². The van der Waals surface area contributed by atoms with Crippen molar-refractivity contribution in [1.29, 1.82) is 0 Å². The molecule has 0 aromatic heterocycles. The summed E-state index contributed by atoms with van der Waals surface area (Å²) < 4.78 is 38.4. The second-order valence-corrected chi connectivity index (χ2v) is 8.58. The number of methoxy groups -OCH3 is 1. The highest BCUT2D eigenvalue weighted by Gasteiger charge is 2.30. The summed E-state index contributed by atoms with van der Waals surface area (Å²) in [6.45, 7) is 4.85. The molecule has 0 saturated carbocycles. The molecule has 0 spiro atoms. The third kappa shape index (κ3) is 4.02. The highest BCUT2D eigenvalue weighted by atomic mass is 32.2. The van der Waals surface area contributed by atoms with Gasteiger partial charge in [0.05, 0.1) is 12.0 Å². The van der Waals surface area contributed by atoms with E-state index in [1.54, 1.807) is 23.5 Å². The Morgan fingerprint density at radius 1 is 0.923 bits per heavy atom. The van der Waals surface area contributed by atoms with Gasteiger partial charge >= 0.3 is 0 Å². The maximum Gasteiger partial charge on any atom is 0.243 e. The van der Waals surface area contributed by atoms with E-state index in [1.807, 2.05) is 44.2 Å². The fourth-order valence-electron chi connectivity index (χ4n) is 3.06. The third-order valence-corrected chi connectivity index (χ3v) is 6.77. The quantitative estimate of drug-likeness (QED) is 0.802. The molecule has 1 fully saturated rings. The van der Waals surface area contributed by atoms with Crippen molar-refractivity contribution in [2.24, 2.45) is 0 Å². The van der Waals surface area contributed by atoms with Crippen LogP contribution in [0.2, 0.25) is 0 Å². The zero-order chi connectivity index (χ0) is 18.7. The predicted octanol–water partition coefficient (Wildman–Crippen LogP) is 3.54. The van der Waals surface area contributed by atoms with Gasteiger partial charge in [0.25, 0.3) is 0 Å². The summed E-state index contributed by atoms with van der Waals surface area (Å²) in [5.74, 6) is 1.56. The van der Waals surface area contributed by atoms with E-state index in [0.717, 1.165) is 22.6 Å². The number of sulfonamides is 1. The maximum absolute atomic E-state index is 12.9. The van der Waals surface area contributed by atoms with E-state index in [1.165, 1.54) is 0 Å². The summed E-state index contributed by atoms with van der Waals surface area (Å²) in [4.78, 5) is 0.370. The lowest BCUT2D eigenvalue weighted by Crippen LogP contribution is -2.41. The highest BCUT2D eigenvalue weighted by Crippen LogP contribution is 2.25. The van der Waals surface area contributed by atoms with E-state index < -0.39 is 10.0 Å². The van der Waals surface area contributed by atoms with Gasteiger partial charge in [0.2, 0.25) is 10.0 Å². The van der Waals surface area contributed by atoms with Crippen molar-refractivity contribution >= 4 is 10.0 Å². The number of rotatable bonds is 5. The van der Waals surface area contributed by atoms with Gasteiger partial charge in [-0.3, -0.25) is 0 Å². The Hall–Kier alpha value is -2.05. The SMILES string of the molecule is COc1ccc(OC2CCN(S(=O)(=O)c3ccc(C)c(C)c3)CC2)cc1. The summed E-state index contributed by atoms with van der Waals surface area (Å²) in [5, 5.41) is 0. The van der Waals surface area contributed by atoms with Crippen LogP contribution in [0.4, 0.5) is 0 Å². The number of nitrogens with zero attached hydrogens (tertiary/aromatic N) is 1.